The average Bonchev–Trinajstić information content (AvgIpc) is 2.69. The summed E-state index contributed by atoms with van der Waals surface area (Å²) in [4.78, 5) is 28.9. The molecule has 1 aliphatic carbocycles. The molecule has 6 nitrogen and oxygen atoms in total. The minimum atomic E-state index is 0.124. The van der Waals surface area contributed by atoms with Crippen molar-refractivity contribution in [1.29, 1.82) is 0 Å². The molecule has 0 spiro atoms. The average molecular weight is 387 g/mol. The molecule has 154 valence electrons. The van der Waals surface area contributed by atoms with Crippen molar-refractivity contribution < 1.29 is 9.59 Å². The second-order valence-corrected chi connectivity index (χ2v) is 8.38. The molecule has 1 aliphatic heterocycles. The third kappa shape index (κ3) is 5.96. The Bertz CT molecular complexity index is 662. The van der Waals surface area contributed by atoms with Crippen molar-refractivity contribution in [3.8, 4) is 0 Å². The SMILES string of the molecule is CC1CCC(NC(=O)CN2CCN(C(=O)CCc3ccccc3N)CC2)CC1. The van der Waals surface area contributed by atoms with Crippen molar-refractivity contribution in [2.45, 2.75) is 51.5 Å². The minimum absolute atomic E-state index is 0.124. The number of nitrogen functional groups attached to an aromatic ring is 1. The van der Waals surface area contributed by atoms with Gasteiger partial charge in [0, 0.05) is 44.3 Å². The molecule has 1 aromatic rings. The maximum Gasteiger partial charge on any atom is 0.234 e. The van der Waals surface area contributed by atoms with E-state index in [1.54, 1.807) is 0 Å². The number of piperazine rings is 1. The summed E-state index contributed by atoms with van der Waals surface area (Å²) in [6, 6.07) is 8.06. The zero-order chi connectivity index (χ0) is 19.9. The van der Waals surface area contributed by atoms with Crippen LogP contribution in [-0.2, 0) is 16.0 Å². The van der Waals surface area contributed by atoms with Gasteiger partial charge in [-0.05, 0) is 49.7 Å². The molecule has 3 N–H and O–H groups in total. The maximum atomic E-state index is 12.5. The molecule has 2 amide bonds. The molecule has 1 heterocycles. The topological polar surface area (TPSA) is 78.7 Å². The van der Waals surface area contributed by atoms with E-state index in [2.05, 4.69) is 17.1 Å². The maximum absolute atomic E-state index is 12.5. The van der Waals surface area contributed by atoms with E-state index < -0.39 is 0 Å². The smallest absolute Gasteiger partial charge is 0.234 e. The standard InChI is InChI=1S/C22H34N4O2/c1-17-6-9-19(10-7-17)24-21(27)16-25-12-14-26(15-13-25)22(28)11-8-18-4-2-3-5-20(18)23/h2-5,17,19H,6-16,23H2,1H3,(H,24,27). The predicted octanol–water partition coefficient (Wildman–Crippen LogP) is 2.04. The van der Waals surface area contributed by atoms with Gasteiger partial charge in [-0.15, -0.1) is 0 Å². The van der Waals surface area contributed by atoms with Crippen LogP contribution in [0.2, 0.25) is 0 Å². The molecule has 0 atom stereocenters. The van der Waals surface area contributed by atoms with Gasteiger partial charge in [-0.1, -0.05) is 25.1 Å². The molecule has 28 heavy (non-hydrogen) atoms. The largest absolute Gasteiger partial charge is 0.399 e. The lowest BCUT2D eigenvalue weighted by molar-refractivity contribution is -0.133. The molecule has 0 radical (unpaired) electrons. The van der Waals surface area contributed by atoms with E-state index in [0.29, 0.717) is 38.5 Å². The summed E-state index contributed by atoms with van der Waals surface area (Å²) < 4.78 is 0. The fourth-order valence-electron chi connectivity index (χ4n) is 4.20. The second kappa shape index (κ2) is 9.92. The van der Waals surface area contributed by atoms with E-state index in [4.69, 9.17) is 5.73 Å². The first-order valence-corrected chi connectivity index (χ1v) is 10.6. The van der Waals surface area contributed by atoms with Crippen LogP contribution < -0.4 is 11.1 Å². The van der Waals surface area contributed by atoms with Gasteiger partial charge >= 0.3 is 0 Å². The molecule has 6 heteroatoms. The van der Waals surface area contributed by atoms with Gasteiger partial charge in [0.2, 0.25) is 11.8 Å². The van der Waals surface area contributed by atoms with E-state index in [1.807, 2.05) is 29.2 Å². The Morgan fingerprint density at radius 1 is 1.07 bits per heavy atom. The number of hydrogen-bond donors (Lipinski definition) is 2. The van der Waals surface area contributed by atoms with Gasteiger partial charge in [0.05, 0.1) is 6.54 Å². The number of carbonyl (C=O) groups excluding carboxylic acids is 2. The summed E-state index contributed by atoms with van der Waals surface area (Å²) in [5.74, 6) is 1.08. The Morgan fingerprint density at radius 3 is 2.43 bits per heavy atom. The summed E-state index contributed by atoms with van der Waals surface area (Å²) in [7, 11) is 0. The van der Waals surface area contributed by atoms with Gasteiger partial charge in [0.25, 0.3) is 0 Å². The molecule has 3 rings (SSSR count). The van der Waals surface area contributed by atoms with E-state index in [-0.39, 0.29) is 11.8 Å². The lowest BCUT2D eigenvalue weighted by Crippen LogP contribution is -2.52. The number of hydrogen-bond acceptors (Lipinski definition) is 4. The van der Waals surface area contributed by atoms with E-state index in [1.165, 1.54) is 12.8 Å². The van der Waals surface area contributed by atoms with Crippen LogP contribution >= 0.6 is 0 Å². The first-order valence-electron chi connectivity index (χ1n) is 10.6. The van der Waals surface area contributed by atoms with Crippen molar-refractivity contribution in [1.82, 2.24) is 15.1 Å². The summed E-state index contributed by atoms with van der Waals surface area (Å²) in [6.45, 7) is 5.62. The highest BCUT2D eigenvalue weighted by molar-refractivity contribution is 5.79. The molecule has 0 unspecified atom stereocenters. The highest BCUT2D eigenvalue weighted by Crippen LogP contribution is 2.23. The molecule has 1 aromatic carbocycles. The number of benzene rings is 1. The van der Waals surface area contributed by atoms with Gasteiger partial charge < -0.3 is 16.0 Å². The van der Waals surface area contributed by atoms with Gasteiger partial charge in [0.1, 0.15) is 0 Å². The zero-order valence-corrected chi connectivity index (χ0v) is 17.0. The number of nitrogens with zero attached hydrogens (tertiary/aromatic N) is 2. The number of anilines is 1. The fraction of sp³-hybridized carbons (Fsp3) is 0.636. The Labute approximate surface area is 168 Å². The first kappa shape index (κ1) is 20.6. The van der Waals surface area contributed by atoms with Crippen molar-refractivity contribution in [2.24, 2.45) is 5.92 Å². The Morgan fingerprint density at radius 2 is 1.75 bits per heavy atom. The van der Waals surface area contributed by atoms with E-state index in [9.17, 15) is 9.59 Å². The van der Waals surface area contributed by atoms with Gasteiger partial charge in [0.15, 0.2) is 0 Å². The fourth-order valence-corrected chi connectivity index (χ4v) is 4.20. The number of nitrogens with one attached hydrogen (secondary N) is 1. The monoisotopic (exact) mass is 386 g/mol. The lowest BCUT2D eigenvalue weighted by atomic mass is 9.87. The Kier molecular flexibility index (Phi) is 7.31. The molecule has 2 fully saturated rings. The third-order valence-electron chi connectivity index (χ3n) is 6.14. The quantitative estimate of drug-likeness (QED) is 0.734. The third-order valence-corrected chi connectivity index (χ3v) is 6.14. The van der Waals surface area contributed by atoms with Crippen molar-refractivity contribution in [2.75, 3.05) is 38.5 Å². The summed E-state index contributed by atoms with van der Waals surface area (Å²) in [5, 5.41) is 3.19. The van der Waals surface area contributed by atoms with Crippen LogP contribution in [0.15, 0.2) is 24.3 Å². The Balaban J connectivity index is 1.35. The minimum Gasteiger partial charge on any atom is -0.399 e. The van der Waals surface area contributed by atoms with E-state index in [0.717, 1.165) is 43.1 Å². The highest BCUT2D eigenvalue weighted by Gasteiger charge is 2.24. The van der Waals surface area contributed by atoms with Gasteiger partial charge in [-0.3, -0.25) is 14.5 Å². The van der Waals surface area contributed by atoms with Crippen LogP contribution in [0.5, 0.6) is 0 Å². The molecular weight excluding hydrogens is 352 g/mol. The van der Waals surface area contributed by atoms with Crippen LogP contribution in [0.1, 0.15) is 44.6 Å². The number of aryl methyl sites for hydroxylation is 1. The van der Waals surface area contributed by atoms with Crippen molar-refractivity contribution in [3.63, 3.8) is 0 Å². The molecule has 0 bridgehead atoms. The lowest BCUT2D eigenvalue weighted by Gasteiger charge is -2.35. The van der Waals surface area contributed by atoms with Crippen LogP contribution in [0.25, 0.3) is 0 Å². The predicted molar refractivity (Wildman–Crippen MR) is 112 cm³/mol. The van der Waals surface area contributed by atoms with Gasteiger partial charge in [-0.2, -0.15) is 0 Å². The molecule has 0 aromatic heterocycles. The number of carbonyl (C=O) groups is 2. The molecule has 2 aliphatic rings. The highest BCUT2D eigenvalue weighted by atomic mass is 16.2. The number of para-hydroxylation sites is 1. The number of nitrogens with two attached hydrogens (primary N) is 1. The number of rotatable bonds is 6. The summed E-state index contributed by atoms with van der Waals surface area (Å²) in [5.41, 5.74) is 7.73. The first-order chi connectivity index (χ1) is 13.5. The summed E-state index contributed by atoms with van der Waals surface area (Å²) in [6.07, 6.45) is 5.77. The normalized spacial score (nSPS) is 23.4. The summed E-state index contributed by atoms with van der Waals surface area (Å²) >= 11 is 0. The van der Waals surface area contributed by atoms with Gasteiger partial charge in [-0.25, -0.2) is 0 Å². The second-order valence-electron chi connectivity index (χ2n) is 8.38. The van der Waals surface area contributed by atoms with Crippen molar-refractivity contribution >= 4 is 17.5 Å². The Hall–Kier alpha value is -2.08. The van der Waals surface area contributed by atoms with Crippen molar-refractivity contribution in [3.05, 3.63) is 29.8 Å². The van der Waals surface area contributed by atoms with Crippen LogP contribution in [0, 0.1) is 5.92 Å². The molecule has 1 saturated heterocycles. The van der Waals surface area contributed by atoms with Crippen LogP contribution in [0.4, 0.5) is 5.69 Å². The zero-order valence-electron chi connectivity index (χ0n) is 17.0. The van der Waals surface area contributed by atoms with Crippen LogP contribution in [0.3, 0.4) is 0 Å². The number of amides is 2. The van der Waals surface area contributed by atoms with Crippen LogP contribution in [-0.4, -0.2) is 60.4 Å². The molecular formula is C22H34N4O2. The van der Waals surface area contributed by atoms with E-state index >= 15 is 0 Å². The molecule has 1 saturated carbocycles.